The maximum Gasteiger partial charge on any atom is 0.225 e. The van der Waals surface area contributed by atoms with Crippen molar-refractivity contribution in [3.8, 4) is 5.75 Å². The minimum atomic E-state index is 0.162. The quantitative estimate of drug-likeness (QED) is 0.381. The minimum absolute atomic E-state index is 0.162. The van der Waals surface area contributed by atoms with Gasteiger partial charge < -0.3 is 14.5 Å². The zero-order valence-electron chi connectivity index (χ0n) is 18.7. The number of nitrogens with one attached hydrogen (secondary N) is 1. The highest BCUT2D eigenvalue weighted by molar-refractivity contribution is 5.79. The molecule has 1 aliphatic rings. The molecule has 29 heavy (non-hydrogen) atoms. The number of anilines is 1. The SMILES string of the molecule is CCCCOc1cc(N=N)c(C)cc1N1CCN(C(=O)C(CC)CCCC)CC1. The van der Waals surface area contributed by atoms with Crippen LogP contribution in [0, 0.1) is 18.4 Å². The molecule has 1 atom stereocenters. The lowest BCUT2D eigenvalue weighted by Crippen LogP contribution is -2.50. The van der Waals surface area contributed by atoms with Crippen LogP contribution in [-0.2, 0) is 4.79 Å². The molecule has 1 saturated heterocycles. The number of amides is 1. The smallest absolute Gasteiger partial charge is 0.225 e. The van der Waals surface area contributed by atoms with E-state index < -0.39 is 0 Å². The lowest BCUT2D eigenvalue weighted by Gasteiger charge is -2.38. The van der Waals surface area contributed by atoms with Crippen molar-refractivity contribution < 1.29 is 9.53 Å². The van der Waals surface area contributed by atoms with Gasteiger partial charge in [-0.15, -0.1) is 0 Å². The number of rotatable bonds is 11. The van der Waals surface area contributed by atoms with Crippen molar-refractivity contribution in [1.82, 2.24) is 4.90 Å². The molecule has 6 nitrogen and oxygen atoms in total. The molecule has 1 N–H and O–H groups in total. The fourth-order valence-corrected chi connectivity index (χ4v) is 3.85. The Morgan fingerprint density at radius 3 is 2.41 bits per heavy atom. The second kappa shape index (κ2) is 11.8. The van der Waals surface area contributed by atoms with Gasteiger partial charge >= 0.3 is 0 Å². The molecule has 0 spiro atoms. The van der Waals surface area contributed by atoms with Gasteiger partial charge in [-0.3, -0.25) is 4.79 Å². The van der Waals surface area contributed by atoms with Gasteiger partial charge in [0.2, 0.25) is 5.91 Å². The van der Waals surface area contributed by atoms with Crippen molar-refractivity contribution in [2.24, 2.45) is 11.0 Å². The van der Waals surface area contributed by atoms with Crippen molar-refractivity contribution in [2.75, 3.05) is 37.7 Å². The van der Waals surface area contributed by atoms with E-state index in [4.69, 9.17) is 10.3 Å². The molecule has 2 rings (SSSR count). The first-order chi connectivity index (χ1) is 14.0. The molecule has 1 unspecified atom stereocenters. The van der Waals surface area contributed by atoms with Crippen LogP contribution in [0.15, 0.2) is 17.2 Å². The Bertz CT molecular complexity index is 669. The van der Waals surface area contributed by atoms with Crippen molar-refractivity contribution >= 4 is 17.3 Å². The molecule has 1 aromatic carbocycles. The third-order valence-electron chi connectivity index (χ3n) is 5.83. The molecule has 0 bridgehead atoms. The topological polar surface area (TPSA) is 69.0 Å². The van der Waals surface area contributed by atoms with Crippen LogP contribution in [-0.4, -0.2) is 43.6 Å². The van der Waals surface area contributed by atoms with Gasteiger partial charge in [0.1, 0.15) is 5.75 Å². The fraction of sp³-hybridized carbons (Fsp3) is 0.696. The Morgan fingerprint density at radius 1 is 1.14 bits per heavy atom. The van der Waals surface area contributed by atoms with Crippen LogP contribution < -0.4 is 9.64 Å². The van der Waals surface area contributed by atoms with Crippen molar-refractivity contribution in [1.29, 1.82) is 5.53 Å². The fourth-order valence-electron chi connectivity index (χ4n) is 3.85. The maximum atomic E-state index is 12.9. The van der Waals surface area contributed by atoms with Crippen LogP contribution in [0.3, 0.4) is 0 Å². The van der Waals surface area contributed by atoms with Crippen LogP contribution >= 0.6 is 0 Å². The normalized spacial score (nSPS) is 15.3. The van der Waals surface area contributed by atoms with Crippen LogP contribution in [0.1, 0.15) is 64.9 Å². The summed E-state index contributed by atoms with van der Waals surface area (Å²) in [6.45, 7) is 12.2. The monoisotopic (exact) mass is 402 g/mol. The van der Waals surface area contributed by atoms with Gasteiger partial charge in [-0.05, 0) is 37.8 Å². The van der Waals surface area contributed by atoms with Gasteiger partial charge in [0.15, 0.2) is 0 Å². The van der Waals surface area contributed by atoms with E-state index in [1.54, 1.807) is 0 Å². The van der Waals surface area contributed by atoms with Gasteiger partial charge in [-0.25, -0.2) is 5.53 Å². The molecular formula is C23H38N4O2. The molecule has 0 saturated carbocycles. The van der Waals surface area contributed by atoms with E-state index in [1.807, 2.05) is 17.9 Å². The van der Waals surface area contributed by atoms with Crippen LogP contribution in [0.25, 0.3) is 0 Å². The Kier molecular flexibility index (Phi) is 9.42. The van der Waals surface area contributed by atoms with Crippen molar-refractivity contribution in [3.63, 3.8) is 0 Å². The molecule has 162 valence electrons. The standard InChI is InChI=1S/C23H38N4O2/c1-5-8-10-19(7-3)23(28)27-13-11-26(12-14-27)21-16-18(4)20(25-24)17-22(21)29-15-9-6-2/h16-17,19,24H,5-15H2,1-4H3. The summed E-state index contributed by atoms with van der Waals surface area (Å²) in [4.78, 5) is 17.3. The summed E-state index contributed by atoms with van der Waals surface area (Å²) in [5.74, 6) is 1.28. The number of ether oxygens (including phenoxy) is 1. The van der Waals surface area contributed by atoms with Crippen LogP contribution in [0.5, 0.6) is 5.75 Å². The van der Waals surface area contributed by atoms with Gasteiger partial charge in [0.25, 0.3) is 0 Å². The number of nitrogens with zero attached hydrogens (tertiary/aromatic N) is 3. The zero-order chi connectivity index (χ0) is 21.2. The van der Waals surface area contributed by atoms with Gasteiger partial charge in [0, 0.05) is 38.2 Å². The molecule has 1 amide bonds. The highest BCUT2D eigenvalue weighted by atomic mass is 16.5. The Balaban J connectivity index is 2.08. The molecule has 0 radical (unpaired) electrons. The number of hydrogen-bond acceptors (Lipinski definition) is 5. The highest BCUT2D eigenvalue weighted by Gasteiger charge is 2.27. The number of benzene rings is 1. The maximum absolute atomic E-state index is 12.9. The average molecular weight is 403 g/mol. The lowest BCUT2D eigenvalue weighted by atomic mass is 9.97. The Hall–Kier alpha value is -2.11. The van der Waals surface area contributed by atoms with E-state index in [9.17, 15) is 4.79 Å². The van der Waals surface area contributed by atoms with Crippen molar-refractivity contribution in [3.05, 3.63) is 17.7 Å². The van der Waals surface area contributed by atoms with E-state index in [0.717, 1.165) is 81.7 Å². The Morgan fingerprint density at radius 2 is 1.83 bits per heavy atom. The molecule has 6 heteroatoms. The third kappa shape index (κ3) is 6.18. The van der Waals surface area contributed by atoms with E-state index in [0.29, 0.717) is 18.2 Å². The lowest BCUT2D eigenvalue weighted by molar-refractivity contribution is -0.136. The summed E-state index contributed by atoms with van der Waals surface area (Å²) in [6, 6.07) is 3.95. The second-order valence-electron chi connectivity index (χ2n) is 7.98. The van der Waals surface area contributed by atoms with Gasteiger partial charge in [-0.2, -0.15) is 5.11 Å². The molecular weight excluding hydrogens is 364 g/mol. The summed E-state index contributed by atoms with van der Waals surface area (Å²) >= 11 is 0. The molecule has 1 aromatic rings. The molecule has 1 heterocycles. The largest absolute Gasteiger partial charge is 0.491 e. The molecule has 1 fully saturated rings. The summed E-state index contributed by atoms with van der Waals surface area (Å²) in [7, 11) is 0. The van der Waals surface area contributed by atoms with Crippen LogP contribution in [0.2, 0.25) is 0 Å². The van der Waals surface area contributed by atoms with E-state index in [1.165, 1.54) is 0 Å². The van der Waals surface area contributed by atoms with Crippen molar-refractivity contribution in [2.45, 2.75) is 66.2 Å². The molecule has 1 aliphatic heterocycles. The highest BCUT2D eigenvalue weighted by Crippen LogP contribution is 2.36. The molecule has 0 aromatic heterocycles. The average Bonchev–Trinajstić information content (AvgIpc) is 2.75. The molecule has 0 aliphatic carbocycles. The predicted molar refractivity (Wildman–Crippen MR) is 118 cm³/mol. The summed E-state index contributed by atoms with van der Waals surface area (Å²) in [5, 5.41) is 3.63. The summed E-state index contributed by atoms with van der Waals surface area (Å²) < 4.78 is 6.04. The van der Waals surface area contributed by atoms with Gasteiger partial charge in [0.05, 0.1) is 18.0 Å². The number of carbonyl (C=O) groups excluding carboxylic acids is 1. The van der Waals surface area contributed by atoms with E-state index in [-0.39, 0.29) is 5.92 Å². The zero-order valence-corrected chi connectivity index (χ0v) is 18.7. The summed E-state index contributed by atoms with van der Waals surface area (Å²) in [6.07, 6.45) is 6.26. The third-order valence-corrected chi connectivity index (χ3v) is 5.83. The first-order valence-electron chi connectivity index (χ1n) is 11.2. The number of aryl methyl sites for hydroxylation is 1. The van der Waals surface area contributed by atoms with Crippen LogP contribution in [0.4, 0.5) is 11.4 Å². The van der Waals surface area contributed by atoms with E-state index in [2.05, 4.69) is 36.9 Å². The summed E-state index contributed by atoms with van der Waals surface area (Å²) in [5.41, 5.74) is 10.1. The number of piperazine rings is 1. The Labute approximate surface area is 176 Å². The number of hydrogen-bond donors (Lipinski definition) is 1. The second-order valence-corrected chi connectivity index (χ2v) is 7.98. The van der Waals surface area contributed by atoms with Gasteiger partial charge in [-0.1, -0.05) is 40.0 Å². The van der Waals surface area contributed by atoms with E-state index >= 15 is 0 Å². The first kappa shape index (κ1) is 23.2. The number of unbranched alkanes of at least 4 members (excludes halogenated alkanes) is 2. The first-order valence-corrected chi connectivity index (χ1v) is 11.2. The minimum Gasteiger partial charge on any atom is -0.491 e. The number of carbonyl (C=O) groups is 1. The predicted octanol–water partition coefficient (Wildman–Crippen LogP) is 5.70.